The normalized spacial score (nSPS) is 27.2. The van der Waals surface area contributed by atoms with Crippen molar-refractivity contribution in [1.29, 1.82) is 0 Å². The van der Waals surface area contributed by atoms with Crippen LogP contribution in [0.3, 0.4) is 0 Å². The molecule has 2 aliphatic rings. The molecule has 2 atom stereocenters. The number of nitrogens with one attached hydrogen (secondary N) is 1. The summed E-state index contributed by atoms with van der Waals surface area (Å²) in [6.07, 6.45) is 13.1. The first-order chi connectivity index (χ1) is 8.36. The molecule has 0 saturated heterocycles. The largest absolute Gasteiger partial charge is 0.380 e. The lowest BCUT2D eigenvalue weighted by molar-refractivity contribution is -0.00505. The molecule has 2 rings (SSSR count). The summed E-state index contributed by atoms with van der Waals surface area (Å²) in [7, 11) is 4.04. The monoisotopic (exact) mass is 239 g/mol. The van der Waals surface area contributed by atoms with Crippen LogP contribution < -0.4 is 5.32 Å². The quantitative estimate of drug-likeness (QED) is 0.794. The first-order valence-corrected chi connectivity index (χ1v) is 7.57. The Bertz CT molecular complexity index is 207. The maximum absolute atomic E-state index is 5.89. The summed E-state index contributed by atoms with van der Waals surface area (Å²) in [6, 6.07) is 0.589. The van der Waals surface area contributed by atoms with E-state index in [0.717, 1.165) is 11.8 Å². The van der Waals surface area contributed by atoms with Gasteiger partial charge in [0.1, 0.15) is 0 Å². The van der Waals surface area contributed by atoms with Gasteiger partial charge in [-0.05, 0) is 44.6 Å². The molecule has 100 valence electrons. The van der Waals surface area contributed by atoms with Crippen molar-refractivity contribution in [2.45, 2.75) is 69.9 Å². The minimum absolute atomic E-state index is 0.448. The molecule has 0 aromatic heterocycles. The fourth-order valence-corrected chi connectivity index (χ4v) is 4.08. The molecule has 0 aromatic rings. The second kappa shape index (κ2) is 6.75. The maximum atomic E-state index is 5.89. The molecule has 0 aromatic carbocycles. The van der Waals surface area contributed by atoms with Gasteiger partial charge in [-0.1, -0.05) is 32.1 Å². The first kappa shape index (κ1) is 13.4. The standard InChI is InChI=1S/C15H29NO/c1-16-14(12-8-6-7-9-12)15(17-2)13-10-4-3-5-11-13/h12-16H,3-11H2,1-2H3. The fourth-order valence-electron chi connectivity index (χ4n) is 4.08. The third-order valence-corrected chi connectivity index (χ3v) is 4.98. The minimum Gasteiger partial charge on any atom is -0.380 e. The molecule has 0 radical (unpaired) electrons. The molecule has 0 aliphatic heterocycles. The number of rotatable bonds is 5. The Morgan fingerprint density at radius 3 is 1.94 bits per heavy atom. The van der Waals surface area contributed by atoms with Crippen LogP contribution in [-0.2, 0) is 4.74 Å². The van der Waals surface area contributed by atoms with E-state index in [9.17, 15) is 0 Å². The van der Waals surface area contributed by atoms with Crippen LogP contribution >= 0.6 is 0 Å². The first-order valence-electron chi connectivity index (χ1n) is 7.57. The molecule has 1 N–H and O–H groups in total. The Hall–Kier alpha value is -0.0800. The van der Waals surface area contributed by atoms with Gasteiger partial charge in [0, 0.05) is 13.2 Å². The molecule has 0 amide bonds. The van der Waals surface area contributed by atoms with Crippen LogP contribution in [0.15, 0.2) is 0 Å². The Morgan fingerprint density at radius 2 is 1.41 bits per heavy atom. The van der Waals surface area contributed by atoms with Gasteiger partial charge in [-0.15, -0.1) is 0 Å². The average molecular weight is 239 g/mol. The predicted molar refractivity (Wildman–Crippen MR) is 72.2 cm³/mol. The molecular formula is C15H29NO. The van der Waals surface area contributed by atoms with E-state index in [4.69, 9.17) is 4.74 Å². The van der Waals surface area contributed by atoms with Crippen LogP contribution in [-0.4, -0.2) is 26.3 Å². The maximum Gasteiger partial charge on any atom is 0.0754 e. The SMILES string of the molecule is CNC(C1CCCC1)C(OC)C1CCCCC1. The summed E-state index contributed by atoms with van der Waals surface area (Å²) in [5.74, 6) is 1.65. The summed E-state index contributed by atoms with van der Waals surface area (Å²) >= 11 is 0. The Kier molecular flexibility index (Phi) is 5.30. The zero-order valence-corrected chi connectivity index (χ0v) is 11.6. The van der Waals surface area contributed by atoms with Gasteiger partial charge >= 0.3 is 0 Å². The van der Waals surface area contributed by atoms with Crippen molar-refractivity contribution < 1.29 is 4.74 Å². The van der Waals surface area contributed by atoms with Gasteiger partial charge in [0.05, 0.1) is 6.10 Å². The molecular weight excluding hydrogens is 210 g/mol. The lowest BCUT2D eigenvalue weighted by Crippen LogP contribution is -2.48. The van der Waals surface area contributed by atoms with Gasteiger partial charge in [-0.25, -0.2) is 0 Å². The smallest absolute Gasteiger partial charge is 0.0754 e. The summed E-state index contributed by atoms with van der Waals surface area (Å²) in [5.41, 5.74) is 0. The van der Waals surface area contributed by atoms with Crippen molar-refractivity contribution in [2.24, 2.45) is 11.8 Å². The molecule has 0 heterocycles. The van der Waals surface area contributed by atoms with Crippen LogP contribution in [0.4, 0.5) is 0 Å². The molecule has 2 unspecified atom stereocenters. The van der Waals surface area contributed by atoms with E-state index in [1.54, 1.807) is 0 Å². The van der Waals surface area contributed by atoms with Gasteiger partial charge < -0.3 is 10.1 Å². The number of ether oxygens (including phenoxy) is 1. The second-order valence-corrected chi connectivity index (χ2v) is 5.96. The molecule has 2 aliphatic carbocycles. The predicted octanol–water partition coefficient (Wildman–Crippen LogP) is 3.36. The number of likely N-dealkylation sites (N-methyl/N-ethyl adjacent to an activating group) is 1. The van der Waals surface area contributed by atoms with E-state index < -0.39 is 0 Å². The summed E-state index contributed by atoms with van der Waals surface area (Å²) in [4.78, 5) is 0. The molecule has 2 saturated carbocycles. The third kappa shape index (κ3) is 3.23. The van der Waals surface area contributed by atoms with Gasteiger partial charge in [0.2, 0.25) is 0 Å². The van der Waals surface area contributed by atoms with Crippen molar-refractivity contribution in [2.75, 3.05) is 14.2 Å². The van der Waals surface area contributed by atoms with Crippen molar-refractivity contribution in [3.05, 3.63) is 0 Å². The van der Waals surface area contributed by atoms with E-state index in [1.807, 2.05) is 7.11 Å². The average Bonchev–Trinajstić information content (AvgIpc) is 2.90. The van der Waals surface area contributed by atoms with E-state index in [-0.39, 0.29) is 0 Å². The third-order valence-electron chi connectivity index (χ3n) is 4.98. The van der Waals surface area contributed by atoms with E-state index in [2.05, 4.69) is 12.4 Å². The highest BCUT2D eigenvalue weighted by molar-refractivity contribution is 4.90. The Labute approximate surface area is 107 Å². The lowest BCUT2D eigenvalue weighted by Gasteiger charge is -2.37. The van der Waals surface area contributed by atoms with Gasteiger partial charge in [0.25, 0.3) is 0 Å². The van der Waals surface area contributed by atoms with E-state index in [0.29, 0.717) is 12.1 Å². The van der Waals surface area contributed by atoms with E-state index in [1.165, 1.54) is 57.8 Å². The summed E-state index contributed by atoms with van der Waals surface area (Å²) < 4.78 is 5.89. The number of methoxy groups -OCH3 is 1. The second-order valence-electron chi connectivity index (χ2n) is 5.96. The zero-order chi connectivity index (χ0) is 12.1. The highest BCUT2D eigenvalue weighted by Crippen LogP contribution is 2.35. The zero-order valence-electron chi connectivity index (χ0n) is 11.6. The van der Waals surface area contributed by atoms with Crippen LogP contribution in [0.1, 0.15) is 57.8 Å². The van der Waals surface area contributed by atoms with Crippen LogP contribution in [0.5, 0.6) is 0 Å². The van der Waals surface area contributed by atoms with Crippen LogP contribution in [0, 0.1) is 11.8 Å². The van der Waals surface area contributed by atoms with Crippen molar-refractivity contribution in [1.82, 2.24) is 5.32 Å². The summed E-state index contributed by atoms with van der Waals surface area (Å²) in [6.45, 7) is 0. The molecule has 0 spiro atoms. The van der Waals surface area contributed by atoms with Crippen molar-refractivity contribution in [3.63, 3.8) is 0 Å². The highest BCUT2D eigenvalue weighted by atomic mass is 16.5. The van der Waals surface area contributed by atoms with Crippen LogP contribution in [0.25, 0.3) is 0 Å². The van der Waals surface area contributed by atoms with Gasteiger partial charge in [0.15, 0.2) is 0 Å². The van der Waals surface area contributed by atoms with Crippen molar-refractivity contribution in [3.8, 4) is 0 Å². The van der Waals surface area contributed by atoms with E-state index >= 15 is 0 Å². The molecule has 2 nitrogen and oxygen atoms in total. The molecule has 0 bridgehead atoms. The molecule has 2 fully saturated rings. The number of hydrogen-bond donors (Lipinski definition) is 1. The molecule has 17 heavy (non-hydrogen) atoms. The lowest BCUT2D eigenvalue weighted by atomic mass is 9.79. The Morgan fingerprint density at radius 1 is 0.882 bits per heavy atom. The summed E-state index contributed by atoms with van der Waals surface area (Å²) in [5, 5.41) is 3.57. The minimum atomic E-state index is 0.448. The highest BCUT2D eigenvalue weighted by Gasteiger charge is 2.35. The van der Waals surface area contributed by atoms with Gasteiger partial charge in [-0.2, -0.15) is 0 Å². The van der Waals surface area contributed by atoms with Crippen molar-refractivity contribution >= 4 is 0 Å². The van der Waals surface area contributed by atoms with Crippen LogP contribution in [0.2, 0.25) is 0 Å². The van der Waals surface area contributed by atoms with Gasteiger partial charge in [-0.3, -0.25) is 0 Å². The molecule has 2 heteroatoms. The topological polar surface area (TPSA) is 21.3 Å². The fraction of sp³-hybridized carbons (Fsp3) is 1.00. The number of hydrogen-bond acceptors (Lipinski definition) is 2. The Balaban J connectivity index is 1.97.